The van der Waals surface area contributed by atoms with E-state index in [-0.39, 0.29) is 5.03 Å². The van der Waals surface area contributed by atoms with Gasteiger partial charge >= 0.3 is 0 Å². The molecule has 0 aliphatic carbocycles. The Morgan fingerprint density at radius 3 is 2.69 bits per heavy atom. The summed E-state index contributed by atoms with van der Waals surface area (Å²) in [4.78, 5) is 3.94. The molecule has 1 aliphatic rings. The predicted molar refractivity (Wildman–Crippen MR) is 60.6 cm³/mol. The number of piperazine rings is 1. The van der Waals surface area contributed by atoms with Crippen molar-refractivity contribution in [1.82, 2.24) is 14.6 Å². The molecular formula is C10H15N3O2S. The van der Waals surface area contributed by atoms with Gasteiger partial charge in [0, 0.05) is 32.4 Å². The van der Waals surface area contributed by atoms with Gasteiger partial charge in [-0.25, -0.2) is 13.4 Å². The summed E-state index contributed by atoms with van der Waals surface area (Å²) in [7, 11) is -3.40. The zero-order valence-electron chi connectivity index (χ0n) is 9.18. The molecule has 0 radical (unpaired) electrons. The fourth-order valence-corrected chi connectivity index (χ4v) is 3.12. The SMILES string of the molecule is Cc1ccnc(S(=O)(=O)N2CCNCC2)c1. The standard InChI is InChI=1S/C10H15N3O2S/c1-9-2-3-12-10(8-9)16(14,15)13-6-4-11-5-7-13/h2-3,8,11H,4-7H2,1H3. The number of nitrogens with zero attached hydrogens (tertiary/aromatic N) is 2. The first-order chi connectivity index (χ1) is 7.60. The number of aromatic nitrogens is 1. The monoisotopic (exact) mass is 241 g/mol. The van der Waals surface area contributed by atoms with E-state index in [9.17, 15) is 8.42 Å². The van der Waals surface area contributed by atoms with Crippen LogP contribution < -0.4 is 5.32 Å². The Morgan fingerprint density at radius 2 is 2.06 bits per heavy atom. The van der Waals surface area contributed by atoms with Crippen LogP contribution in [0.2, 0.25) is 0 Å². The number of aryl methyl sites for hydroxylation is 1. The minimum absolute atomic E-state index is 0.148. The molecule has 0 unspecified atom stereocenters. The molecule has 0 bridgehead atoms. The zero-order chi connectivity index (χ0) is 11.6. The van der Waals surface area contributed by atoms with Gasteiger partial charge in [0.2, 0.25) is 0 Å². The Bertz CT molecular complexity index is 467. The Morgan fingerprint density at radius 1 is 1.38 bits per heavy atom. The second-order valence-corrected chi connectivity index (χ2v) is 5.71. The van der Waals surface area contributed by atoms with Crippen LogP contribution >= 0.6 is 0 Å². The van der Waals surface area contributed by atoms with Crippen LogP contribution in [0.1, 0.15) is 5.56 Å². The number of nitrogens with one attached hydrogen (secondary N) is 1. The number of sulfonamides is 1. The molecule has 6 heteroatoms. The normalized spacial score (nSPS) is 18.6. The van der Waals surface area contributed by atoms with Crippen molar-refractivity contribution < 1.29 is 8.42 Å². The molecule has 16 heavy (non-hydrogen) atoms. The van der Waals surface area contributed by atoms with Gasteiger partial charge in [-0.05, 0) is 24.6 Å². The fourth-order valence-electron chi connectivity index (χ4n) is 1.67. The lowest BCUT2D eigenvalue weighted by molar-refractivity contribution is 0.359. The molecule has 1 N–H and O–H groups in total. The number of pyridine rings is 1. The van der Waals surface area contributed by atoms with Crippen molar-refractivity contribution in [3.05, 3.63) is 23.9 Å². The molecule has 0 saturated carbocycles. The van der Waals surface area contributed by atoms with Gasteiger partial charge in [-0.3, -0.25) is 0 Å². The molecule has 1 fully saturated rings. The van der Waals surface area contributed by atoms with Gasteiger partial charge in [0.05, 0.1) is 0 Å². The van der Waals surface area contributed by atoms with Gasteiger partial charge in [-0.1, -0.05) is 0 Å². The lowest BCUT2D eigenvalue weighted by atomic mass is 10.3. The number of hydrogen-bond donors (Lipinski definition) is 1. The van der Waals surface area contributed by atoms with Crippen molar-refractivity contribution >= 4 is 10.0 Å². The third-order valence-electron chi connectivity index (χ3n) is 2.57. The van der Waals surface area contributed by atoms with Crippen LogP contribution in [0.3, 0.4) is 0 Å². The van der Waals surface area contributed by atoms with Crippen LogP contribution in [-0.2, 0) is 10.0 Å². The van der Waals surface area contributed by atoms with Gasteiger partial charge in [0.25, 0.3) is 10.0 Å². The maximum absolute atomic E-state index is 12.2. The van der Waals surface area contributed by atoms with E-state index in [1.807, 2.05) is 6.92 Å². The van der Waals surface area contributed by atoms with Crippen molar-refractivity contribution in [2.75, 3.05) is 26.2 Å². The van der Waals surface area contributed by atoms with Gasteiger partial charge in [0.1, 0.15) is 0 Å². The first kappa shape index (κ1) is 11.5. The van der Waals surface area contributed by atoms with Crippen LogP contribution in [0.25, 0.3) is 0 Å². The highest BCUT2D eigenvalue weighted by atomic mass is 32.2. The smallest absolute Gasteiger partial charge is 0.260 e. The first-order valence-corrected chi connectivity index (χ1v) is 6.68. The van der Waals surface area contributed by atoms with Crippen LogP contribution in [-0.4, -0.2) is 43.9 Å². The third-order valence-corrected chi connectivity index (χ3v) is 4.37. The molecule has 0 aromatic carbocycles. The minimum Gasteiger partial charge on any atom is -0.314 e. The van der Waals surface area contributed by atoms with E-state index in [0.717, 1.165) is 5.56 Å². The molecule has 0 atom stereocenters. The number of hydrogen-bond acceptors (Lipinski definition) is 4. The summed E-state index contributed by atoms with van der Waals surface area (Å²) in [5, 5.41) is 3.27. The molecular weight excluding hydrogens is 226 g/mol. The van der Waals surface area contributed by atoms with Crippen molar-refractivity contribution in [3.63, 3.8) is 0 Å². The summed E-state index contributed by atoms with van der Waals surface area (Å²) in [6.45, 7) is 4.28. The third kappa shape index (κ3) is 2.23. The van der Waals surface area contributed by atoms with Gasteiger partial charge in [-0.15, -0.1) is 0 Å². The highest BCUT2D eigenvalue weighted by Gasteiger charge is 2.26. The predicted octanol–water partition coefficient (Wildman–Crippen LogP) is -0.0161. The van der Waals surface area contributed by atoms with E-state index in [4.69, 9.17) is 0 Å². The molecule has 0 amide bonds. The maximum atomic E-state index is 12.2. The lowest BCUT2D eigenvalue weighted by Gasteiger charge is -2.26. The fraction of sp³-hybridized carbons (Fsp3) is 0.500. The van der Waals surface area contributed by atoms with Crippen LogP contribution in [0.5, 0.6) is 0 Å². The van der Waals surface area contributed by atoms with Crippen molar-refractivity contribution in [1.29, 1.82) is 0 Å². The van der Waals surface area contributed by atoms with Crippen molar-refractivity contribution in [2.24, 2.45) is 0 Å². The van der Waals surface area contributed by atoms with Crippen LogP contribution in [0, 0.1) is 6.92 Å². The molecule has 1 saturated heterocycles. The first-order valence-electron chi connectivity index (χ1n) is 5.24. The average molecular weight is 241 g/mol. The van der Waals surface area contributed by atoms with Crippen LogP contribution in [0.15, 0.2) is 23.4 Å². The molecule has 5 nitrogen and oxygen atoms in total. The van der Waals surface area contributed by atoms with Crippen molar-refractivity contribution in [3.8, 4) is 0 Å². The lowest BCUT2D eigenvalue weighted by Crippen LogP contribution is -2.46. The largest absolute Gasteiger partial charge is 0.314 e. The minimum atomic E-state index is -3.40. The summed E-state index contributed by atoms with van der Waals surface area (Å²) < 4.78 is 25.8. The quantitative estimate of drug-likeness (QED) is 0.790. The summed E-state index contributed by atoms with van der Waals surface area (Å²) in [5.41, 5.74) is 0.906. The molecule has 88 valence electrons. The Labute approximate surface area is 95.5 Å². The highest BCUT2D eigenvalue weighted by Crippen LogP contribution is 2.14. The Balaban J connectivity index is 2.30. The summed E-state index contributed by atoms with van der Waals surface area (Å²) >= 11 is 0. The molecule has 1 aromatic rings. The highest BCUT2D eigenvalue weighted by molar-refractivity contribution is 7.89. The number of rotatable bonds is 2. The zero-order valence-corrected chi connectivity index (χ0v) is 10.00. The molecule has 0 spiro atoms. The summed E-state index contributed by atoms with van der Waals surface area (Å²) in [6.07, 6.45) is 1.53. The molecule has 1 aliphatic heterocycles. The maximum Gasteiger partial charge on any atom is 0.260 e. The van der Waals surface area contributed by atoms with E-state index in [1.54, 1.807) is 12.1 Å². The summed E-state index contributed by atoms with van der Waals surface area (Å²) in [6, 6.07) is 3.40. The molecule has 2 rings (SSSR count). The molecule has 2 heterocycles. The van der Waals surface area contributed by atoms with Gasteiger partial charge in [-0.2, -0.15) is 4.31 Å². The second kappa shape index (κ2) is 4.48. The van der Waals surface area contributed by atoms with E-state index in [1.165, 1.54) is 10.5 Å². The van der Waals surface area contributed by atoms with E-state index < -0.39 is 10.0 Å². The van der Waals surface area contributed by atoms with Crippen LogP contribution in [0.4, 0.5) is 0 Å². The van der Waals surface area contributed by atoms with Crippen molar-refractivity contribution in [2.45, 2.75) is 11.9 Å². The summed E-state index contributed by atoms with van der Waals surface area (Å²) in [5.74, 6) is 0. The second-order valence-electron chi connectivity index (χ2n) is 3.83. The van der Waals surface area contributed by atoms with E-state index in [0.29, 0.717) is 26.2 Å². The van der Waals surface area contributed by atoms with Gasteiger partial charge in [0.15, 0.2) is 5.03 Å². The Kier molecular flexibility index (Phi) is 3.22. The average Bonchev–Trinajstić information content (AvgIpc) is 2.30. The van der Waals surface area contributed by atoms with E-state index in [2.05, 4.69) is 10.3 Å². The molecule has 1 aromatic heterocycles. The Hall–Kier alpha value is -0.980. The van der Waals surface area contributed by atoms with Gasteiger partial charge < -0.3 is 5.32 Å². The topological polar surface area (TPSA) is 62.3 Å². The van der Waals surface area contributed by atoms with E-state index >= 15 is 0 Å².